The quantitative estimate of drug-likeness (QED) is 0.540. The van der Waals surface area contributed by atoms with E-state index < -0.39 is 0 Å². The van der Waals surface area contributed by atoms with Crippen LogP contribution in [0.4, 0.5) is 5.69 Å². The lowest BCUT2D eigenvalue weighted by Crippen LogP contribution is -2.30. The smallest absolute Gasteiger partial charge is 0.294 e. The summed E-state index contributed by atoms with van der Waals surface area (Å²) in [5.41, 5.74) is 0.936. The van der Waals surface area contributed by atoms with Crippen LogP contribution in [-0.4, -0.2) is 32.1 Å². The molecule has 0 aliphatic rings. The van der Waals surface area contributed by atoms with Gasteiger partial charge in [-0.25, -0.2) is 4.98 Å². The SMILES string of the molecule is CCOc1ccc(N(Cc2nc3nc(C)cc(=O)n3[nH]2)C(=O)c2ccco2)cc1. The summed E-state index contributed by atoms with van der Waals surface area (Å²) in [6.45, 7) is 4.27. The fourth-order valence-corrected chi connectivity index (χ4v) is 2.96. The molecule has 0 spiro atoms. The van der Waals surface area contributed by atoms with Crippen LogP contribution in [0.15, 0.2) is 57.9 Å². The Morgan fingerprint density at radius 2 is 2.03 bits per heavy atom. The predicted octanol–water partition coefficient (Wildman–Crippen LogP) is 2.56. The Morgan fingerprint density at radius 1 is 1.24 bits per heavy atom. The molecule has 3 aromatic heterocycles. The molecule has 0 bridgehead atoms. The predicted molar refractivity (Wildman–Crippen MR) is 105 cm³/mol. The highest BCUT2D eigenvalue weighted by molar-refractivity contribution is 6.04. The number of ether oxygens (including phenoxy) is 1. The van der Waals surface area contributed by atoms with Crippen molar-refractivity contribution in [1.29, 1.82) is 0 Å². The molecule has 4 rings (SSSR count). The van der Waals surface area contributed by atoms with Gasteiger partial charge in [0.25, 0.3) is 17.2 Å². The zero-order valence-electron chi connectivity index (χ0n) is 16.0. The summed E-state index contributed by atoms with van der Waals surface area (Å²) in [5, 5.41) is 2.90. The Bertz CT molecular complexity index is 1190. The highest BCUT2D eigenvalue weighted by Gasteiger charge is 2.22. The van der Waals surface area contributed by atoms with Gasteiger partial charge < -0.3 is 9.15 Å². The standard InChI is InChI=1S/C20H19N5O4/c1-3-28-15-8-6-14(7-9-15)24(19(27)16-5-4-10-29-16)12-17-22-20-21-13(2)11-18(26)25(20)23-17/h4-11H,3,12H2,1-2H3,(H,21,22,23). The lowest BCUT2D eigenvalue weighted by molar-refractivity contribution is 0.0957. The number of H-pyrrole nitrogens is 1. The molecule has 0 saturated carbocycles. The van der Waals surface area contributed by atoms with E-state index in [2.05, 4.69) is 15.1 Å². The van der Waals surface area contributed by atoms with Gasteiger partial charge in [-0.3, -0.25) is 19.6 Å². The number of carbonyl (C=O) groups is 1. The number of carbonyl (C=O) groups excluding carboxylic acids is 1. The molecule has 3 heterocycles. The molecule has 9 heteroatoms. The maximum absolute atomic E-state index is 13.0. The maximum atomic E-state index is 13.0. The van der Waals surface area contributed by atoms with E-state index in [4.69, 9.17) is 9.15 Å². The number of aromatic nitrogens is 4. The van der Waals surface area contributed by atoms with Crippen LogP contribution in [0.1, 0.15) is 29.0 Å². The summed E-state index contributed by atoms with van der Waals surface area (Å²) in [4.78, 5) is 35.3. The summed E-state index contributed by atoms with van der Waals surface area (Å²) in [6.07, 6.45) is 1.44. The zero-order valence-corrected chi connectivity index (χ0v) is 16.0. The second kappa shape index (κ2) is 7.63. The van der Waals surface area contributed by atoms with Gasteiger partial charge in [0, 0.05) is 17.4 Å². The van der Waals surface area contributed by atoms with Crippen molar-refractivity contribution < 1.29 is 13.9 Å². The number of nitrogens with zero attached hydrogens (tertiary/aromatic N) is 4. The summed E-state index contributed by atoms with van der Waals surface area (Å²) in [5.74, 6) is 1.23. The summed E-state index contributed by atoms with van der Waals surface area (Å²) >= 11 is 0. The maximum Gasteiger partial charge on any atom is 0.294 e. The number of anilines is 1. The lowest BCUT2D eigenvalue weighted by Gasteiger charge is -2.21. The fourth-order valence-electron chi connectivity index (χ4n) is 2.96. The summed E-state index contributed by atoms with van der Waals surface area (Å²) in [7, 11) is 0. The number of aryl methyl sites for hydroxylation is 1. The molecule has 0 aliphatic carbocycles. The molecule has 29 heavy (non-hydrogen) atoms. The fraction of sp³-hybridized carbons (Fsp3) is 0.200. The number of benzene rings is 1. The van der Waals surface area contributed by atoms with Crippen LogP contribution in [0.2, 0.25) is 0 Å². The number of hydrogen-bond acceptors (Lipinski definition) is 6. The number of aromatic amines is 1. The zero-order chi connectivity index (χ0) is 20.4. The van der Waals surface area contributed by atoms with E-state index in [1.165, 1.54) is 21.7 Å². The van der Waals surface area contributed by atoms with Crippen LogP contribution in [-0.2, 0) is 6.54 Å². The Balaban J connectivity index is 1.71. The highest BCUT2D eigenvalue weighted by Crippen LogP contribution is 2.23. The van der Waals surface area contributed by atoms with Crippen molar-refractivity contribution in [3.8, 4) is 5.75 Å². The number of furan rings is 1. The molecule has 0 atom stereocenters. The van der Waals surface area contributed by atoms with E-state index in [-0.39, 0.29) is 29.5 Å². The Hall–Kier alpha value is -3.88. The van der Waals surface area contributed by atoms with E-state index >= 15 is 0 Å². The van der Waals surface area contributed by atoms with Gasteiger partial charge in [-0.05, 0) is 50.2 Å². The second-order valence-electron chi connectivity index (χ2n) is 6.34. The van der Waals surface area contributed by atoms with Gasteiger partial charge in [0.05, 0.1) is 19.4 Å². The van der Waals surface area contributed by atoms with Gasteiger partial charge in [-0.2, -0.15) is 9.50 Å². The molecular weight excluding hydrogens is 374 g/mol. The second-order valence-corrected chi connectivity index (χ2v) is 6.34. The van der Waals surface area contributed by atoms with E-state index in [9.17, 15) is 9.59 Å². The van der Waals surface area contributed by atoms with Crippen LogP contribution in [0, 0.1) is 6.92 Å². The van der Waals surface area contributed by atoms with Crippen LogP contribution >= 0.6 is 0 Å². The Labute approximate surface area is 165 Å². The lowest BCUT2D eigenvalue weighted by atomic mass is 10.2. The molecule has 4 aromatic rings. The Kier molecular flexibility index (Phi) is 4.86. The normalized spacial score (nSPS) is 11.0. The largest absolute Gasteiger partial charge is 0.494 e. The van der Waals surface area contributed by atoms with E-state index in [0.717, 1.165) is 0 Å². The van der Waals surface area contributed by atoms with Crippen LogP contribution < -0.4 is 15.2 Å². The number of rotatable bonds is 6. The first kappa shape index (κ1) is 18.5. The molecule has 1 N–H and O–H groups in total. The van der Waals surface area contributed by atoms with Crippen molar-refractivity contribution in [2.24, 2.45) is 0 Å². The third kappa shape index (κ3) is 3.75. The summed E-state index contributed by atoms with van der Waals surface area (Å²) in [6, 6.07) is 11.8. The first-order valence-corrected chi connectivity index (χ1v) is 9.08. The van der Waals surface area contributed by atoms with Crippen molar-refractivity contribution in [1.82, 2.24) is 19.6 Å². The number of nitrogens with one attached hydrogen (secondary N) is 1. The average Bonchev–Trinajstić information content (AvgIpc) is 3.36. The van der Waals surface area contributed by atoms with E-state index in [1.807, 2.05) is 6.92 Å². The number of fused-ring (bicyclic) bond motifs is 1. The third-order valence-electron chi connectivity index (χ3n) is 4.25. The third-order valence-corrected chi connectivity index (χ3v) is 4.25. The monoisotopic (exact) mass is 393 g/mol. The molecule has 9 nitrogen and oxygen atoms in total. The first-order valence-electron chi connectivity index (χ1n) is 9.08. The summed E-state index contributed by atoms with van der Waals surface area (Å²) < 4.78 is 12.0. The molecule has 0 fully saturated rings. The van der Waals surface area contributed by atoms with Gasteiger partial charge in [0.2, 0.25) is 0 Å². The van der Waals surface area contributed by atoms with Crippen molar-refractivity contribution in [2.45, 2.75) is 20.4 Å². The minimum Gasteiger partial charge on any atom is -0.494 e. The van der Waals surface area contributed by atoms with Gasteiger partial charge in [0.15, 0.2) is 5.76 Å². The Morgan fingerprint density at radius 3 is 2.72 bits per heavy atom. The van der Waals surface area contributed by atoms with E-state index in [0.29, 0.717) is 29.6 Å². The molecule has 0 unspecified atom stereocenters. The molecule has 1 aromatic carbocycles. The average molecular weight is 393 g/mol. The van der Waals surface area contributed by atoms with Gasteiger partial charge >= 0.3 is 0 Å². The molecule has 0 saturated heterocycles. The first-order chi connectivity index (χ1) is 14.0. The van der Waals surface area contributed by atoms with E-state index in [1.54, 1.807) is 43.3 Å². The molecule has 0 radical (unpaired) electrons. The van der Waals surface area contributed by atoms with Crippen LogP contribution in [0.5, 0.6) is 5.75 Å². The van der Waals surface area contributed by atoms with Crippen LogP contribution in [0.25, 0.3) is 5.78 Å². The molecule has 0 aliphatic heterocycles. The van der Waals surface area contributed by atoms with Crippen molar-refractivity contribution >= 4 is 17.4 Å². The van der Waals surface area contributed by atoms with Crippen molar-refractivity contribution in [3.05, 3.63) is 76.4 Å². The van der Waals surface area contributed by atoms with Gasteiger partial charge in [0.1, 0.15) is 11.6 Å². The molecule has 148 valence electrons. The van der Waals surface area contributed by atoms with Gasteiger partial charge in [-0.1, -0.05) is 0 Å². The minimum atomic E-state index is -0.337. The van der Waals surface area contributed by atoms with Crippen LogP contribution in [0.3, 0.4) is 0 Å². The molecular formula is C20H19N5O4. The highest BCUT2D eigenvalue weighted by atomic mass is 16.5. The minimum absolute atomic E-state index is 0.0926. The van der Waals surface area contributed by atoms with Crippen molar-refractivity contribution in [3.63, 3.8) is 0 Å². The van der Waals surface area contributed by atoms with Crippen molar-refractivity contribution in [2.75, 3.05) is 11.5 Å². The number of amides is 1. The van der Waals surface area contributed by atoms with Gasteiger partial charge in [-0.15, -0.1) is 0 Å². The number of hydrogen-bond donors (Lipinski definition) is 1. The molecule has 1 amide bonds. The topological polar surface area (TPSA) is 106 Å².